The summed E-state index contributed by atoms with van der Waals surface area (Å²) in [5, 5.41) is 2.94. The molecule has 1 heterocycles. The highest BCUT2D eigenvalue weighted by atomic mass is 16.5. The van der Waals surface area contributed by atoms with E-state index in [0.717, 1.165) is 0 Å². The molecular weight excluding hydrogens is 254 g/mol. The van der Waals surface area contributed by atoms with Crippen LogP contribution in [0.4, 0.5) is 5.88 Å². The molecule has 2 aliphatic carbocycles. The zero-order chi connectivity index (χ0) is 14.4. The van der Waals surface area contributed by atoms with E-state index in [-0.39, 0.29) is 29.4 Å². The minimum Gasteiger partial charge on any atom is -0.460 e. The number of carbonyl (C=O) groups is 1. The Morgan fingerprint density at radius 2 is 2.30 bits per heavy atom. The van der Waals surface area contributed by atoms with Crippen LogP contribution in [0, 0.1) is 16.7 Å². The Bertz CT molecular complexity index is 489. The molecule has 2 bridgehead atoms. The molecule has 20 heavy (non-hydrogen) atoms. The van der Waals surface area contributed by atoms with Crippen LogP contribution in [0.5, 0.6) is 0 Å². The van der Waals surface area contributed by atoms with Crippen molar-refractivity contribution in [3.8, 4) is 0 Å². The van der Waals surface area contributed by atoms with E-state index in [9.17, 15) is 4.79 Å². The number of hydrogen-bond acceptors (Lipinski definition) is 4. The molecule has 3 atom stereocenters. The molecular formula is C16H23NO3. The predicted octanol–water partition coefficient (Wildman–Crippen LogP) is 3.45. The first kappa shape index (κ1) is 13.5. The number of nitrogens with one attached hydrogen (secondary N) is 1. The maximum Gasteiger partial charge on any atom is 0.325 e. The molecule has 4 nitrogen and oxygen atoms in total. The lowest BCUT2D eigenvalue weighted by Crippen LogP contribution is -2.44. The maximum absolute atomic E-state index is 12.1. The van der Waals surface area contributed by atoms with Crippen LogP contribution in [0.2, 0.25) is 0 Å². The highest BCUT2D eigenvalue weighted by Crippen LogP contribution is 2.63. The molecule has 1 N–H and O–H groups in total. The summed E-state index contributed by atoms with van der Waals surface area (Å²) in [6.45, 7) is 6.89. The van der Waals surface area contributed by atoms with Crippen molar-refractivity contribution in [2.75, 3.05) is 11.9 Å². The highest BCUT2D eigenvalue weighted by molar-refractivity contribution is 5.74. The van der Waals surface area contributed by atoms with Crippen molar-refractivity contribution in [1.29, 1.82) is 0 Å². The Morgan fingerprint density at radius 3 is 2.90 bits per heavy atom. The topological polar surface area (TPSA) is 51.5 Å². The monoisotopic (exact) mass is 277 g/mol. The largest absolute Gasteiger partial charge is 0.460 e. The van der Waals surface area contributed by atoms with E-state index in [1.807, 2.05) is 0 Å². The number of furan rings is 1. The fourth-order valence-electron chi connectivity index (χ4n) is 4.26. The van der Waals surface area contributed by atoms with E-state index in [1.54, 1.807) is 18.4 Å². The molecule has 1 aromatic heterocycles. The predicted molar refractivity (Wildman–Crippen MR) is 76.3 cm³/mol. The smallest absolute Gasteiger partial charge is 0.325 e. The molecule has 110 valence electrons. The van der Waals surface area contributed by atoms with Crippen LogP contribution >= 0.6 is 0 Å². The first-order valence-electron chi connectivity index (χ1n) is 7.39. The fraction of sp³-hybridized carbons (Fsp3) is 0.688. The van der Waals surface area contributed by atoms with Gasteiger partial charge in [-0.05, 0) is 31.2 Å². The van der Waals surface area contributed by atoms with Gasteiger partial charge in [-0.1, -0.05) is 20.8 Å². The molecule has 0 saturated heterocycles. The molecule has 0 amide bonds. The molecule has 2 aliphatic rings. The Labute approximate surface area is 119 Å². The van der Waals surface area contributed by atoms with Crippen molar-refractivity contribution in [1.82, 2.24) is 0 Å². The van der Waals surface area contributed by atoms with E-state index in [2.05, 4.69) is 26.1 Å². The molecule has 0 aromatic carbocycles. The van der Waals surface area contributed by atoms with Crippen molar-refractivity contribution in [2.24, 2.45) is 16.7 Å². The minimum atomic E-state index is -0.201. The van der Waals surface area contributed by atoms with Gasteiger partial charge in [-0.25, -0.2) is 0 Å². The number of rotatable bonds is 4. The first-order chi connectivity index (χ1) is 9.42. The Morgan fingerprint density at radius 1 is 1.50 bits per heavy atom. The number of ether oxygens (including phenoxy) is 1. The van der Waals surface area contributed by atoms with Gasteiger partial charge in [-0.15, -0.1) is 0 Å². The quantitative estimate of drug-likeness (QED) is 0.856. The lowest BCUT2D eigenvalue weighted by molar-refractivity contribution is -0.162. The zero-order valence-electron chi connectivity index (χ0n) is 12.4. The van der Waals surface area contributed by atoms with E-state index in [4.69, 9.17) is 9.15 Å². The molecule has 2 saturated carbocycles. The van der Waals surface area contributed by atoms with Crippen LogP contribution in [-0.2, 0) is 9.53 Å². The number of esters is 1. The van der Waals surface area contributed by atoms with Crippen LogP contribution in [0.15, 0.2) is 22.8 Å². The molecule has 3 rings (SSSR count). The lowest BCUT2D eigenvalue weighted by atomic mass is 9.70. The van der Waals surface area contributed by atoms with Gasteiger partial charge in [0.1, 0.15) is 12.6 Å². The molecule has 0 spiro atoms. The summed E-state index contributed by atoms with van der Waals surface area (Å²) >= 11 is 0. The van der Waals surface area contributed by atoms with Crippen LogP contribution in [-0.4, -0.2) is 18.6 Å². The van der Waals surface area contributed by atoms with Gasteiger partial charge in [-0.3, -0.25) is 4.79 Å². The van der Waals surface area contributed by atoms with Gasteiger partial charge in [0, 0.05) is 16.9 Å². The molecule has 2 fully saturated rings. The van der Waals surface area contributed by atoms with Gasteiger partial charge in [0.15, 0.2) is 5.88 Å². The summed E-state index contributed by atoms with van der Waals surface area (Å²) in [6, 6.07) is 3.57. The fourth-order valence-corrected chi connectivity index (χ4v) is 4.26. The third-order valence-corrected chi connectivity index (χ3v) is 5.31. The number of fused-ring (bicyclic) bond motifs is 2. The third kappa shape index (κ3) is 2.11. The first-order valence-corrected chi connectivity index (χ1v) is 7.39. The van der Waals surface area contributed by atoms with Crippen LogP contribution < -0.4 is 5.32 Å². The average Bonchev–Trinajstić information content (AvgIpc) is 3.05. The second kappa shape index (κ2) is 4.54. The molecule has 0 aliphatic heterocycles. The summed E-state index contributed by atoms with van der Waals surface area (Å²) < 4.78 is 11.0. The van der Waals surface area contributed by atoms with Crippen LogP contribution in [0.25, 0.3) is 0 Å². The minimum absolute atomic E-state index is 0.0275. The Balaban J connectivity index is 1.61. The number of anilines is 1. The Kier molecular flexibility index (Phi) is 3.07. The van der Waals surface area contributed by atoms with E-state index < -0.39 is 0 Å². The normalized spacial score (nSPS) is 34.1. The maximum atomic E-state index is 12.1. The van der Waals surface area contributed by atoms with Crippen molar-refractivity contribution in [3.63, 3.8) is 0 Å². The van der Waals surface area contributed by atoms with Crippen molar-refractivity contribution >= 4 is 11.9 Å². The molecule has 4 heteroatoms. The second-order valence-corrected chi connectivity index (χ2v) is 7.12. The summed E-state index contributed by atoms with van der Waals surface area (Å²) in [5.74, 6) is 1.08. The van der Waals surface area contributed by atoms with Gasteiger partial charge in [0.2, 0.25) is 0 Å². The van der Waals surface area contributed by atoms with E-state index in [1.165, 1.54) is 19.3 Å². The molecule has 1 aromatic rings. The molecule has 0 radical (unpaired) electrons. The van der Waals surface area contributed by atoms with Crippen LogP contribution in [0.1, 0.15) is 40.0 Å². The van der Waals surface area contributed by atoms with Gasteiger partial charge in [0.25, 0.3) is 0 Å². The second-order valence-electron chi connectivity index (χ2n) is 7.12. The standard InChI is InChI=1S/C16H23NO3/c1-15(2)11-6-7-16(3,9-11)14(15)20-13(18)10-17-12-5-4-8-19-12/h4-5,8,11,14,17H,6-7,9-10H2,1-3H3. The van der Waals surface area contributed by atoms with Crippen molar-refractivity contribution in [2.45, 2.75) is 46.1 Å². The Hall–Kier alpha value is -1.45. The van der Waals surface area contributed by atoms with Crippen molar-refractivity contribution < 1.29 is 13.9 Å². The number of hydrogen-bond donors (Lipinski definition) is 1. The van der Waals surface area contributed by atoms with E-state index >= 15 is 0 Å². The SMILES string of the molecule is CC12CCC(C1)C(C)(C)C2OC(=O)CNc1ccco1. The number of carbonyl (C=O) groups excluding carboxylic acids is 1. The average molecular weight is 277 g/mol. The highest BCUT2D eigenvalue weighted by Gasteiger charge is 2.61. The van der Waals surface area contributed by atoms with Gasteiger partial charge in [-0.2, -0.15) is 0 Å². The van der Waals surface area contributed by atoms with Gasteiger partial charge < -0.3 is 14.5 Å². The van der Waals surface area contributed by atoms with E-state index in [0.29, 0.717) is 11.8 Å². The zero-order valence-corrected chi connectivity index (χ0v) is 12.4. The summed E-state index contributed by atoms with van der Waals surface area (Å²) in [5.41, 5.74) is 0.252. The van der Waals surface area contributed by atoms with Gasteiger partial charge >= 0.3 is 5.97 Å². The third-order valence-electron chi connectivity index (χ3n) is 5.31. The summed E-state index contributed by atoms with van der Waals surface area (Å²) in [6.07, 6.45) is 5.23. The summed E-state index contributed by atoms with van der Waals surface area (Å²) in [7, 11) is 0. The molecule has 3 unspecified atom stereocenters. The van der Waals surface area contributed by atoms with Crippen molar-refractivity contribution in [3.05, 3.63) is 18.4 Å². The summed E-state index contributed by atoms with van der Waals surface area (Å²) in [4.78, 5) is 12.1. The van der Waals surface area contributed by atoms with Crippen LogP contribution in [0.3, 0.4) is 0 Å². The van der Waals surface area contributed by atoms with Gasteiger partial charge in [0.05, 0.1) is 6.26 Å². The lowest BCUT2D eigenvalue weighted by Gasteiger charge is -2.41.